The second-order valence-corrected chi connectivity index (χ2v) is 14.9. The molecular weight excluding hydrogens is 679 g/mol. The zero-order chi connectivity index (χ0) is 35.3. The number of benzene rings is 8. The van der Waals surface area contributed by atoms with Gasteiger partial charge in [-0.2, -0.15) is 0 Å². The molecule has 0 amide bonds. The largest absolute Gasteiger partial charge is 0.456 e. The Morgan fingerprint density at radius 2 is 0.796 bits per heavy atom. The van der Waals surface area contributed by atoms with Crippen molar-refractivity contribution >= 4 is 64.2 Å². The first-order valence-electron chi connectivity index (χ1n) is 18.1. The van der Waals surface area contributed by atoms with E-state index in [1.165, 1.54) is 47.8 Å². The zero-order valence-corrected chi connectivity index (χ0v) is 29.6. The highest BCUT2D eigenvalue weighted by Gasteiger charge is 2.25. The van der Waals surface area contributed by atoms with Crippen molar-refractivity contribution in [1.29, 1.82) is 0 Å². The summed E-state index contributed by atoms with van der Waals surface area (Å²) in [6.07, 6.45) is 0. The molecule has 12 rings (SSSR count). The van der Waals surface area contributed by atoms with Crippen molar-refractivity contribution in [2.75, 3.05) is 0 Å². The third-order valence-corrected chi connectivity index (χ3v) is 12.2. The topological polar surface area (TPSA) is 51.8 Å². The van der Waals surface area contributed by atoms with E-state index in [2.05, 4.69) is 146 Å². The zero-order valence-electron chi connectivity index (χ0n) is 28.7. The second kappa shape index (κ2) is 11.3. The summed E-state index contributed by atoms with van der Waals surface area (Å²) < 4.78 is 8.74. The molecule has 0 N–H and O–H groups in total. The maximum Gasteiger partial charge on any atom is 0.165 e. The third kappa shape index (κ3) is 4.21. The Hall–Kier alpha value is -6.95. The van der Waals surface area contributed by atoms with Gasteiger partial charge in [-0.05, 0) is 74.5 Å². The number of thiophene rings is 1. The molecule has 3 heterocycles. The average Bonchev–Trinajstić information content (AvgIpc) is 3.91. The second-order valence-electron chi connectivity index (χ2n) is 13.8. The first-order chi connectivity index (χ1) is 26.8. The maximum absolute atomic E-state index is 6.33. The van der Waals surface area contributed by atoms with Crippen LogP contribution in [0.4, 0.5) is 0 Å². The summed E-state index contributed by atoms with van der Waals surface area (Å²) in [7, 11) is 0. The molecule has 0 bridgehead atoms. The normalized spacial score (nSPS) is 12.1. The maximum atomic E-state index is 6.33. The molecule has 0 saturated heterocycles. The number of hydrogen-bond donors (Lipinski definition) is 0. The number of aromatic nitrogens is 3. The van der Waals surface area contributed by atoms with E-state index in [1.807, 2.05) is 18.2 Å². The molecule has 0 radical (unpaired) electrons. The van der Waals surface area contributed by atoms with E-state index in [-0.39, 0.29) is 0 Å². The van der Waals surface area contributed by atoms with Crippen molar-refractivity contribution in [3.63, 3.8) is 0 Å². The van der Waals surface area contributed by atoms with E-state index in [1.54, 1.807) is 11.3 Å². The van der Waals surface area contributed by atoms with E-state index in [9.17, 15) is 0 Å². The van der Waals surface area contributed by atoms with E-state index in [4.69, 9.17) is 19.4 Å². The minimum atomic E-state index is 0.625. The molecule has 0 unspecified atom stereocenters. The van der Waals surface area contributed by atoms with Gasteiger partial charge >= 0.3 is 0 Å². The van der Waals surface area contributed by atoms with Gasteiger partial charge in [0, 0.05) is 47.6 Å². The monoisotopic (exact) mass is 705 g/mol. The SMILES string of the molecule is c1ccc(-c2cccc3oc4ccccc4c23)c(-c2nc(-c3ccc4c5c(cccc35)-c3ccccc3-4)nc(-c3cccc4c3sc3ccccc34)n2)c1. The van der Waals surface area contributed by atoms with Gasteiger partial charge in [0.15, 0.2) is 17.5 Å². The number of rotatable bonds is 4. The fourth-order valence-corrected chi connectivity index (χ4v) is 9.79. The summed E-state index contributed by atoms with van der Waals surface area (Å²) in [6.45, 7) is 0. The van der Waals surface area contributed by atoms with Crippen LogP contribution in [0.15, 0.2) is 168 Å². The van der Waals surface area contributed by atoms with Gasteiger partial charge in [0.2, 0.25) is 0 Å². The molecular formula is C49H27N3OS. The molecule has 4 nitrogen and oxygen atoms in total. The predicted molar refractivity (Wildman–Crippen MR) is 224 cm³/mol. The van der Waals surface area contributed by atoms with Gasteiger partial charge < -0.3 is 4.42 Å². The van der Waals surface area contributed by atoms with E-state index < -0.39 is 0 Å². The van der Waals surface area contributed by atoms with Crippen molar-refractivity contribution in [3.05, 3.63) is 164 Å². The van der Waals surface area contributed by atoms with E-state index in [0.29, 0.717) is 17.5 Å². The Labute approximate surface area is 313 Å². The van der Waals surface area contributed by atoms with Gasteiger partial charge in [-0.1, -0.05) is 133 Å². The highest BCUT2D eigenvalue weighted by Crippen LogP contribution is 2.49. The predicted octanol–water partition coefficient (Wildman–Crippen LogP) is 13.6. The summed E-state index contributed by atoms with van der Waals surface area (Å²) in [4.78, 5) is 16.1. The molecule has 0 aliphatic heterocycles. The van der Waals surface area contributed by atoms with Crippen LogP contribution in [0.3, 0.4) is 0 Å². The van der Waals surface area contributed by atoms with Crippen LogP contribution in [0, 0.1) is 0 Å². The Kier molecular flexibility index (Phi) is 6.18. The first-order valence-corrected chi connectivity index (χ1v) is 18.9. The Morgan fingerprint density at radius 3 is 1.59 bits per heavy atom. The highest BCUT2D eigenvalue weighted by atomic mass is 32.1. The first kappa shape index (κ1) is 29.6. The summed E-state index contributed by atoms with van der Waals surface area (Å²) >= 11 is 1.79. The fraction of sp³-hybridized carbons (Fsp3) is 0. The summed E-state index contributed by atoms with van der Waals surface area (Å²) in [5.74, 6) is 1.93. The molecule has 250 valence electrons. The standard InChI is InChI=1S/C49H27N3OS/c1-2-13-29-28(12-1)32-18-9-19-34-38(27-26-35(29)44(32)34)48-50-47(51-49(52-48)40-22-10-21-36-31-15-6-8-25-43(31)54-46(36)40)37-16-4-3-14-30(37)33-20-11-24-42-45(33)39-17-5-7-23-41(39)53-42/h1-27H. The molecule has 11 aromatic rings. The number of furan rings is 1. The van der Waals surface area contributed by atoms with Crippen molar-refractivity contribution in [1.82, 2.24) is 15.0 Å². The van der Waals surface area contributed by atoms with Crippen LogP contribution in [0.1, 0.15) is 0 Å². The van der Waals surface area contributed by atoms with Crippen LogP contribution in [0.5, 0.6) is 0 Å². The lowest BCUT2D eigenvalue weighted by Crippen LogP contribution is -2.01. The molecule has 0 spiro atoms. The van der Waals surface area contributed by atoms with Crippen molar-refractivity contribution in [2.45, 2.75) is 0 Å². The minimum Gasteiger partial charge on any atom is -0.456 e. The van der Waals surface area contributed by atoms with Crippen LogP contribution in [0.25, 0.3) is 120 Å². The molecule has 8 aromatic carbocycles. The summed E-state index contributed by atoms with van der Waals surface area (Å²) in [5, 5.41) is 6.99. The fourth-order valence-electron chi connectivity index (χ4n) is 8.58. The van der Waals surface area contributed by atoms with Crippen LogP contribution in [0.2, 0.25) is 0 Å². The summed E-state index contributed by atoms with van der Waals surface area (Å²) in [6, 6.07) is 57.7. The van der Waals surface area contributed by atoms with Gasteiger partial charge in [0.1, 0.15) is 11.2 Å². The molecule has 0 saturated carbocycles. The van der Waals surface area contributed by atoms with E-state index in [0.717, 1.165) is 55.1 Å². The lowest BCUT2D eigenvalue weighted by atomic mass is 9.95. The van der Waals surface area contributed by atoms with Crippen molar-refractivity contribution in [2.24, 2.45) is 0 Å². The molecule has 0 atom stereocenters. The number of para-hydroxylation sites is 1. The molecule has 5 heteroatoms. The van der Waals surface area contributed by atoms with Gasteiger partial charge in [-0.3, -0.25) is 0 Å². The van der Waals surface area contributed by atoms with E-state index >= 15 is 0 Å². The quantitative estimate of drug-likeness (QED) is 0.183. The van der Waals surface area contributed by atoms with Gasteiger partial charge in [-0.25, -0.2) is 15.0 Å². The highest BCUT2D eigenvalue weighted by molar-refractivity contribution is 7.26. The Bertz CT molecular complexity index is 3330. The van der Waals surface area contributed by atoms with Gasteiger partial charge in [0.25, 0.3) is 0 Å². The Balaban J connectivity index is 1.14. The molecule has 1 aliphatic rings. The molecule has 54 heavy (non-hydrogen) atoms. The van der Waals surface area contributed by atoms with Crippen LogP contribution < -0.4 is 0 Å². The summed E-state index contributed by atoms with van der Waals surface area (Å²) in [5.41, 5.74) is 11.8. The van der Waals surface area contributed by atoms with Gasteiger partial charge in [-0.15, -0.1) is 11.3 Å². The van der Waals surface area contributed by atoms with Crippen LogP contribution in [-0.4, -0.2) is 15.0 Å². The van der Waals surface area contributed by atoms with Crippen LogP contribution in [-0.2, 0) is 0 Å². The smallest absolute Gasteiger partial charge is 0.165 e. The minimum absolute atomic E-state index is 0.625. The molecule has 3 aromatic heterocycles. The lowest BCUT2D eigenvalue weighted by Gasteiger charge is -2.14. The number of nitrogens with zero attached hydrogens (tertiary/aromatic N) is 3. The van der Waals surface area contributed by atoms with Crippen molar-refractivity contribution < 1.29 is 4.42 Å². The van der Waals surface area contributed by atoms with Crippen molar-refractivity contribution in [3.8, 4) is 67.5 Å². The third-order valence-electron chi connectivity index (χ3n) is 10.9. The van der Waals surface area contributed by atoms with Gasteiger partial charge in [0.05, 0.1) is 0 Å². The number of fused-ring (bicyclic) bond motifs is 9. The average molecular weight is 706 g/mol. The Morgan fingerprint density at radius 1 is 0.315 bits per heavy atom. The number of hydrogen-bond acceptors (Lipinski definition) is 5. The molecule has 1 aliphatic carbocycles. The molecule has 0 fully saturated rings. The lowest BCUT2D eigenvalue weighted by molar-refractivity contribution is 0.669. The van der Waals surface area contributed by atoms with Crippen LogP contribution >= 0.6 is 11.3 Å².